The van der Waals surface area contributed by atoms with E-state index in [1.807, 2.05) is 18.2 Å². The van der Waals surface area contributed by atoms with Gasteiger partial charge in [0.25, 0.3) is 0 Å². The highest BCUT2D eigenvalue weighted by Crippen LogP contribution is 2.27. The highest BCUT2D eigenvalue weighted by molar-refractivity contribution is 7.71. The standard InChI is InChI=1S/C17H24N4O2S/c1-4-6-7-16-19-20-17(24)21(16)18-12-13-8-9-14(23-10-5-2)15(11-13)22-3/h8-9,11-12H,4-7,10H2,1-3H3,(H,20,24)/b18-12-. The van der Waals surface area contributed by atoms with Crippen LogP contribution in [0.25, 0.3) is 0 Å². The van der Waals surface area contributed by atoms with E-state index >= 15 is 0 Å². The predicted octanol–water partition coefficient (Wildman–Crippen LogP) is 3.96. The number of ether oxygens (including phenoxy) is 2. The first-order valence-corrected chi connectivity index (χ1v) is 8.61. The third-order valence-corrected chi connectivity index (χ3v) is 3.71. The minimum absolute atomic E-state index is 0.493. The Hall–Kier alpha value is -2.15. The molecular formula is C17H24N4O2S. The van der Waals surface area contributed by atoms with Gasteiger partial charge in [-0.15, -0.1) is 0 Å². The van der Waals surface area contributed by atoms with Gasteiger partial charge in [-0.25, -0.2) is 0 Å². The zero-order valence-corrected chi connectivity index (χ0v) is 15.2. The Morgan fingerprint density at radius 1 is 1.29 bits per heavy atom. The zero-order valence-electron chi connectivity index (χ0n) is 14.4. The first-order valence-electron chi connectivity index (χ1n) is 8.21. The largest absolute Gasteiger partial charge is 0.493 e. The SMILES string of the molecule is CCCCc1n[nH]c(=S)n1/N=C\c1ccc(OCCC)c(OC)c1. The van der Waals surface area contributed by atoms with Crippen molar-refractivity contribution in [2.75, 3.05) is 13.7 Å². The Balaban J connectivity index is 2.20. The van der Waals surface area contributed by atoms with Gasteiger partial charge in [0.05, 0.1) is 19.9 Å². The van der Waals surface area contributed by atoms with Crippen LogP contribution in [0.15, 0.2) is 23.3 Å². The number of benzene rings is 1. The van der Waals surface area contributed by atoms with Crippen LogP contribution in [0.2, 0.25) is 0 Å². The number of methoxy groups -OCH3 is 1. The molecule has 1 N–H and O–H groups in total. The Morgan fingerprint density at radius 3 is 2.83 bits per heavy atom. The van der Waals surface area contributed by atoms with Crippen molar-refractivity contribution in [3.63, 3.8) is 0 Å². The number of aryl methyl sites for hydroxylation is 1. The Labute approximate surface area is 147 Å². The summed E-state index contributed by atoms with van der Waals surface area (Å²) in [6.07, 6.45) is 5.68. The summed E-state index contributed by atoms with van der Waals surface area (Å²) < 4.78 is 13.2. The molecule has 0 saturated carbocycles. The van der Waals surface area contributed by atoms with Crippen molar-refractivity contribution in [1.29, 1.82) is 0 Å². The van der Waals surface area contributed by atoms with E-state index in [-0.39, 0.29) is 0 Å². The molecule has 1 heterocycles. The topological polar surface area (TPSA) is 64.4 Å². The average Bonchev–Trinajstić information content (AvgIpc) is 2.96. The van der Waals surface area contributed by atoms with Crippen LogP contribution in [-0.2, 0) is 6.42 Å². The summed E-state index contributed by atoms with van der Waals surface area (Å²) in [4.78, 5) is 0. The molecule has 0 bridgehead atoms. The predicted molar refractivity (Wildman–Crippen MR) is 97.8 cm³/mol. The number of hydrogen-bond acceptors (Lipinski definition) is 5. The highest BCUT2D eigenvalue weighted by atomic mass is 32.1. The highest BCUT2D eigenvalue weighted by Gasteiger charge is 2.06. The number of aromatic amines is 1. The van der Waals surface area contributed by atoms with E-state index in [1.165, 1.54) is 0 Å². The van der Waals surface area contributed by atoms with Crippen LogP contribution in [0, 0.1) is 4.77 Å². The van der Waals surface area contributed by atoms with Crippen molar-refractivity contribution in [1.82, 2.24) is 14.9 Å². The second-order valence-corrected chi connectivity index (χ2v) is 5.75. The fraction of sp³-hybridized carbons (Fsp3) is 0.471. The van der Waals surface area contributed by atoms with Crippen LogP contribution in [0.3, 0.4) is 0 Å². The summed E-state index contributed by atoms with van der Waals surface area (Å²) in [6, 6.07) is 5.72. The summed E-state index contributed by atoms with van der Waals surface area (Å²) in [6.45, 7) is 4.87. The first-order chi connectivity index (χ1) is 11.7. The minimum Gasteiger partial charge on any atom is -0.493 e. The van der Waals surface area contributed by atoms with Gasteiger partial charge in [-0.3, -0.25) is 5.10 Å². The second-order valence-electron chi connectivity index (χ2n) is 5.36. The maximum absolute atomic E-state index is 5.66. The van der Waals surface area contributed by atoms with Gasteiger partial charge in [0, 0.05) is 6.42 Å². The second kappa shape index (κ2) is 9.22. The number of hydrogen-bond donors (Lipinski definition) is 1. The van der Waals surface area contributed by atoms with Crippen LogP contribution in [-0.4, -0.2) is 34.8 Å². The van der Waals surface area contributed by atoms with Crippen molar-refractivity contribution < 1.29 is 9.47 Å². The molecule has 0 atom stereocenters. The van der Waals surface area contributed by atoms with Crippen molar-refractivity contribution in [2.24, 2.45) is 5.10 Å². The van der Waals surface area contributed by atoms with Crippen LogP contribution in [0.4, 0.5) is 0 Å². The van der Waals surface area contributed by atoms with Gasteiger partial charge in [-0.1, -0.05) is 20.3 Å². The lowest BCUT2D eigenvalue weighted by Gasteiger charge is -2.10. The molecule has 6 nitrogen and oxygen atoms in total. The number of rotatable bonds is 9. The van der Waals surface area contributed by atoms with E-state index < -0.39 is 0 Å². The molecule has 24 heavy (non-hydrogen) atoms. The molecule has 0 fully saturated rings. The number of H-pyrrole nitrogens is 1. The van der Waals surface area contributed by atoms with Gasteiger partial charge in [0.15, 0.2) is 17.3 Å². The Bertz CT molecular complexity index is 736. The van der Waals surface area contributed by atoms with Gasteiger partial charge in [-0.05, 0) is 48.8 Å². The van der Waals surface area contributed by atoms with Crippen LogP contribution in [0.5, 0.6) is 11.5 Å². The van der Waals surface area contributed by atoms with Crippen LogP contribution in [0.1, 0.15) is 44.5 Å². The lowest BCUT2D eigenvalue weighted by molar-refractivity contribution is 0.294. The molecule has 1 aromatic carbocycles. The zero-order chi connectivity index (χ0) is 17.4. The molecule has 2 rings (SSSR count). The molecule has 0 amide bonds. The number of aromatic nitrogens is 3. The minimum atomic E-state index is 0.493. The van der Waals surface area contributed by atoms with E-state index in [0.717, 1.165) is 42.8 Å². The van der Waals surface area contributed by atoms with Gasteiger partial charge >= 0.3 is 0 Å². The Morgan fingerprint density at radius 2 is 2.12 bits per heavy atom. The van der Waals surface area contributed by atoms with Crippen LogP contribution >= 0.6 is 12.2 Å². The fourth-order valence-corrected chi connectivity index (χ4v) is 2.36. The van der Waals surface area contributed by atoms with Crippen molar-refractivity contribution in [2.45, 2.75) is 39.5 Å². The molecule has 0 aliphatic heterocycles. The molecular weight excluding hydrogens is 324 g/mol. The summed E-state index contributed by atoms with van der Waals surface area (Å²) in [5, 5.41) is 11.5. The average molecular weight is 348 g/mol. The van der Waals surface area contributed by atoms with Crippen LogP contribution < -0.4 is 9.47 Å². The van der Waals surface area contributed by atoms with Crippen molar-refractivity contribution in [3.8, 4) is 11.5 Å². The molecule has 0 spiro atoms. The van der Waals surface area contributed by atoms with Crippen molar-refractivity contribution in [3.05, 3.63) is 34.4 Å². The molecule has 7 heteroatoms. The summed E-state index contributed by atoms with van der Waals surface area (Å²) in [5.74, 6) is 2.27. The lowest BCUT2D eigenvalue weighted by Crippen LogP contribution is -2.00. The molecule has 0 aliphatic rings. The monoisotopic (exact) mass is 348 g/mol. The van der Waals surface area contributed by atoms with E-state index in [9.17, 15) is 0 Å². The smallest absolute Gasteiger partial charge is 0.216 e. The molecule has 0 radical (unpaired) electrons. The maximum Gasteiger partial charge on any atom is 0.216 e. The molecule has 0 saturated heterocycles. The molecule has 0 unspecified atom stereocenters. The van der Waals surface area contributed by atoms with Gasteiger partial charge in [-0.2, -0.15) is 14.9 Å². The maximum atomic E-state index is 5.66. The summed E-state index contributed by atoms with van der Waals surface area (Å²) in [5.41, 5.74) is 0.903. The Kier molecular flexibility index (Phi) is 6.99. The van der Waals surface area contributed by atoms with E-state index in [0.29, 0.717) is 17.1 Å². The first kappa shape index (κ1) is 18.2. The van der Waals surface area contributed by atoms with Crippen molar-refractivity contribution >= 4 is 18.4 Å². The van der Waals surface area contributed by atoms with Gasteiger partial charge in [0.2, 0.25) is 4.77 Å². The normalized spacial score (nSPS) is 11.1. The molecule has 2 aromatic rings. The lowest BCUT2D eigenvalue weighted by atomic mass is 10.2. The fourth-order valence-electron chi connectivity index (χ4n) is 2.16. The third-order valence-electron chi connectivity index (χ3n) is 3.44. The number of nitrogens with one attached hydrogen (secondary N) is 1. The van der Waals surface area contributed by atoms with Gasteiger partial charge < -0.3 is 9.47 Å². The molecule has 1 aromatic heterocycles. The van der Waals surface area contributed by atoms with E-state index in [4.69, 9.17) is 21.7 Å². The molecule has 130 valence electrons. The quantitative estimate of drug-likeness (QED) is 0.550. The van der Waals surface area contributed by atoms with E-state index in [1.54, 1.807) is 18.0 Å². The third kappa shape index (κ3) is 4.67. The molecule has 0 aliphatic carbocycles. The summed E-state index contributed by atoms with van der Waals surface area (Å²) >= 11 is 5.24. The van der Waals surface area contributed by atoms with Gasteiger partial charge in [0.1, 0.15) is 0 Å². The summed E-state index contributed by atoms with van der Waals surface area (Å²) in [7, 11) is 1.63. The number of unbranched alkanes of at least 4 members (excludes halogenated alkanes) is 1. The number of nitrogens with zero attached hydrogens (tertiary/aromatic N) is 3. The van der Waals surface area contributed by atoms with E-state index in [2.05, 4.69) is 29.1 Å².